The Morgan fingerprint density at radius 1 is 1.38 bits per heavy atom. The molecule has 0 saturated heterocycles. The second-order valence-electron chi connectivity index (χ2n) is 3.37. The highest BCUT2D eigenvalue weighted by molar-refractivity contribution is 6.30. The SMILES string of the molecule is Cc1nc(Cl)c(C)c(NCc2ccno2)n1. The van der Waals surface area contributed by atoms with Crippen molar-refractivity contribution in [2.24, 2.45) is 0 Å². The summed E-state index contributed by atoms with van der Waals surface area (Å²) < 4.78 is 4.97. The smallest absolute Gasteiger partial charge is 0.155 e. The van der Waals surface area contributed by atoms with Crippen molar-refractivity contribution in [2.45, 2.75) is 20.4 Å². The average Bonchev–Trinajstić information content (AvgIpc) is 2.74. The molecule has 1 N–H and O–H groups in total. The number of rotatable bonds is 3. The molecule has 0 spiro atoms. The van der Waals surface area contributed by atoms with Crippen molar-refractivity contribution in [3.05, 3.63) is 34.6 Å². The number of aromatic nitrogens is 3. The summed E-state index contributed by atoms with van der Waals surface area (Å²) in [6, 6.07) is 1.79. The number of nitrogens with zero attached hydrogens (tertiary/aromatic N) is 3. The quantitative estimate of drug-likeness (QED) is 0.832. The number of anilines is 1. The second kappa shape index (κ2) is 4.49. The summed E-state index contributed by atoms with van der Waals surface area (Å²) in [5.41, 5.74) is 0.826. The van der Waals surface area contributed by atoms with Crippen molar-refractivity contribution < 1.29 is 4.52 Å². The van der Waals surface area contributed by atoms with Crippen LogP contribution >= 0.6 is 11.6 Å². The molecule has 2 heterocycles. The van der Waals surface area contributed by atoms with Crippen LogP contribution in [-0.4, -0.2) is 15.1 Å². The largest absolute Gasteiger partial charge is 0.362 e. The van der Waals surface area contributed by atoms with Gasteiger partial charge in [0.2, 0.25) is 0 Å². The lowest BCUT2D eigenvalue weighted by atomic mass is 10.3. The Bertz CT molecular complexity index is 484. The molecule has 0 bridgehead atoms. The standard InChI is InChI=1S/C10H11ClN4O/c1-6-9(11)14-7(2)15-10(6)12-5-8-3-4-13-16-8/h3-4H,5H2,1-2H3,(H,12,14,15). The van der Waals surface area contributed by atoms with E-state index in [1.807, 2.05) is 6.92 Å². The molecule has 16 heavy (non-hydrogen) atoms. The van der Waals surface area contributed by atoms with Gasteiger partial charge in [0.1, 0.15) is 16.8 Å². The molecule has 0 radical (unpaired) electrons. The predicted octanol–water partition coefficient (Wildman–Crippen LogP) is 2.35. The molecule has 6 heteroatoms. The van der Waals surface area contributed by atoms with Gasteiger partial charge in [-0.2, -0.15) is 0 Å². The first-order valence-corrected chi connectivity index (χ1v) is 5.19. The van der Waals surface area contributed by atoms with Gasteiger partial charge in [-0.15, -0.1) is 0 Å². The number of hydrogen-bond acceptors (Lipinski definition) is 5. The summed E-state index contributed by atoms with van der Waals surface area (Å²) in [6.45, 7) is 4.18. The third-order valence-electron chi connectivity index (χ3n) is 2.12. The zero-order valence-electron chi connectivity index (χ0n) is 8.99. The van der Waals surface area contributed by atoms with E-state index in [-0.39, 0.29) is 0 Å². The minimum atomic E-state index is 0.465. The highest BCUT2D eigenvalue weighted by Gasteiger charge is 2.07. The molecular formula is C10H11ClN4O. The van der Waals surface area contributed by atoms with Crippen LogP contribution in [0, 0.1) is 13.8 Å². The van der Waals surface area contributed by atoms with Crippen LogP contribution in [0.1, 0.15) is 17.1 Å². The monoisotopic (exact) mass is 238 g/mol. The van der Waals surface area contributed by atoms with Crippen LogP contribution in [0.15, 0.2) is 16.8 Å². The lowest BCUT2D eigenvalue weighted by molar-refractivity contribution is 0.388. The van der Waals surface area contributed by atoms with Crippen molar-refractivity contribution in [1.82, 2.24) is 15.1 Å². The minimum absolute atomic E-state index is 0.465. The first kappa shape index (κ1) is 10.9. The Morgan fingerprint density at radius 3 is 2.88 bits per heavy atom. The zero-order chi connectivity index (χ0) is 11.5. The minimum Gasteiger partial charge on any atom is -0.362 e. The molecule has 0 fully saturated rings. The molecule has 0 aromatic carbocycles. The number of halogens is 1. The van der Waals surface area contributed by atoms with E-state index in [0.29, 0.717) is 23.3 Å². The fraction of sp³-hybridized carbons (Fsp3) is 0.300. The van der Waals surface area contributed by atoms with Crippen LogP contribution in [0.4, 0.5) is 5.82 Å². The van der Waals surface area contributed by atoms with Crippen molar-refractivity contribution in [3.63, 3.8) is 0 Å². The van der Waals surface area contributed by atoms with Gasteiger partial charge >= 0.3 is 0 Å². The van der Waals surface area contributed by atoms with E-state index in [1.54, 1.807) is 19.2 Å². The van der Waals surface area contributed by atoms with E-state index in [9.17, 15) is 0 Å². The summed E-state index contributed by atoms with van der Waals surface area (Å²) in [5, 5.41) is 7.21. The molecule has 2 aromatic heterocycles. The topological polar surface area (TPSA) is 63.8 Å². The van der Waals surface area contributed by atoms with Crippen LogP contribution in [0.3, 0.4) is 0 Å². The van der Waals surface area contributed by atoms with E-state index in [2.05, 4.69) is 20.4 Å². The van der Waals surface area contributed by atoms with Gasteiger partial charge < -0.3 is 9.84 Å². The summed E-state index contributed by atoms with van der Waals surface area (Å²) in [7, 11) is 0. The normalized spacial score (nSPS) is 10.4. The van der Waals surface area contributed by atoms with Crippen LogP contribution < -0.4 is 5.32 Å². The molecule has 0 aliphatic rings. The van der Waals surface area contributed by atoms with Gasteiger partial charge in [0.15, 0.2) is 5.76 Å². The Labute approximate surface area is 97.8 Å². The van der Waals surface area contributed by atoms with Crippen molar-refractivity contribution in [3.8, 4) is 0 Å². The Morgan fingerprint density at radius 2 is 2.19 bits per heavy atom. The van der Waals surface area contributed by atoms with E-state index >= 15 is 0 Å². The lowest BCUT2D eigenvalue weighted by Crippen LogP contribution is -2.05. The first-order valence-electron chi connectivity index (χ1n) is 4.81. The van der Waals surface area contributed by atoms with E-state index in [4.69, 9.17) is 16.1 Å². The Balaban J connectivity index is 2.15. The predicted molar refractivity (Wildman–Crippen MR) is 60.3 cm³/mol. The highest BCUT2D eigenvalue weighted by atomic mass is 35.5. The van der Waals surface area contributed by atoms with Gasteiger partial charge in [-0.05, 0) is 13.8 Å². The van der Waals surface area contributed by atoms with Crippen LogP contribution in [0.25, 0.3) is 0 Å². The maximum absolute atomic E-state index is 5.95. The van der Waals surface area contributed by atoms with Crippen LogP contribution in [-0.2, 0) is 6.54 Å². The van der Waals surface area contributed by atoms with Gasteiger partial charge in [-0.3, -0.25) is 0 Å². The molecule has 2 aromatic rings. The van der Waals surface area contributed by atoms with Gasteiger partial charge in [-0.1, -0.05) is 16.8 Å². The van der Waals surface area contributed by atoms with E-state index in [0.717, 1.165) is 11.3 Å². The molecule has 0 atom stereocenters. The molecule has 0 aliphatic carbocycles. The summed E-state index contributed by atoms with van der Waals surface area (Å²) >= 11 is 5.95. The van der Waals surface area contributed by atoms with Crippen molar-refractivity contribution in [2.75, 3.05) is 5.32 Å². The molecule has 0 unspecified atom stereocenters. The molecular weight excluding hydrogens is 228 g/mol. The maximum atomic E-state index is 5.95. The molecule has 2 rings (SSSR count). The van der Waals surface area contributed by atoms with E-state index < -0.39 is 0 Å². The third-order valence-corrected chi connectivity index (χ3v) is 2.49. The fourth-order valence-electron chi connectivity index (χ4n) is 1.27. The lowest BCUT2D eigenvalue weighted by Gasteiger charge is -2.08. The average molecular weight is 239 g/mol. The first-order chi connectivity index (χ1) is 7.66. The Kier molecular flexibility index (Phi) is 3.05. The number of aryl methyl sites for hydroxylation is 1. The molecule has 5 nitrogen and oxygen atoms in total. The van der Waals surface area contributed by atoms with Crippen LogP contribution in [0.2, 0.25) is 5.15 Å². The zero-order valence-corrected chi connectivity index (χ0v) is 9.75. The fourth-order valence-corrected chi connectivity index (χ4v) is 1.48. The highest BCUT2D eigenvalue weighted by Crippen LogP contribution is 2.19. The maximum Gasteiger partial charge on any atom is 0.155 e. The number of nitrogens with one attached hydrogen (secondary N) is 1. The van der Waals surface area contributed by atoms with Crippen molar-refractivity contribution >= 4 is 17.4 Å². The van der Waals surface area contributed by atoms with Gasteiger partial charge in [-0.25, -0.2) is 9.97 Å². The third kappa shape index (κ3) is 2.30. The second-order valence-corrected chi connectivity index (χ2v) is 3.73. The molecule has 0 amide bonds. The Hall–Kier alpha value is -1.62. The molecule has 0 aliphatic heterocycles. The van der Waals surface area contributed by atoms with E-state index in [1.165, 1.54) is 0 Å². The summed E-state index contributed by atoms with van der Waals surface area (Å²) in [4.78, 5) is 8.32. The van der Waals surface area contributed by atoms with Gasteiger partial charge in [0.25, 0.3) is 0 Å². The van der Waals surface area contributed by atoms with Gasteiger partial charge in [0, 0.05) is 11.6 Å². The summed E-state index contributed by atoms with van der Waals surface area (Å²) in [6.07, 6.45) is 1.60. The summed E-state index contributed by atoms with van der Waals surface area (Å²) in [5.74, 6) is 2.09. The molecule has 0 saturated carbocycles. The van der Waals surface area contributed by atoms with Crippen LogP contribution in [0.5, 0.6) is 0 Å². The molecule has 84 valence electrons. The van der Waals surface area contributed by atoms with Crippen molar-refractivity contribution in [1.29, 1.82) is 0 Å². The number of hydrogen-bond donors (Lipinski definition) is 1. The van der Waals surface area contributed by atoms with Gasteiger partial charge in [0.05, 0.1) is 12.7 Å².